The Bertz CT molecular complexity index is 2920. The number of aromatic amines is 1. The van der Waals surface area contributed by atoms with Crippen molar-refractivity contribution in [3.05, 3.63) is 95.7 Å². The minimum absolute atomic E-state index is 0.0872. The third kappa shape index (κ3) is 4.60. The number of fused-ring (bicyclic) bond motifs is 7. The van der Waals surface area contributed by atoms with Crippen molar-refractivity contribution >= 4 is 38.4 Å². The molecule has 4 aromatic carbocycles. The van der Waals surface area contributed by atoms with Crippen LogP contribution in [-0.4, -0.2) is 97.1 Å². The second kappa shape index (κ2) is 13.4. The number of nitrogens with one attached hydrogen (secondary N) is 2. The van der Waals surface area contributed by atoms with E-state index in [0.717, 1.165) is 58.4 Å². The van der Waals surface area contributed by atoms with Gasteiger partial charge in [-0.3, -0.25) is 0 Å². The van der Waals surface area contributed by atoms with E-state index in [1.54, 1.807) is 12.1 Å². The van der Waals surface area contributed by atoms with Crippen LogP contribution in [0.25, 0.3) is 32.4 Å². The van der Waals surface area contributed by atoms with Gasteiger partial charge in [0.05, 0.1) is 35.4 Å². The molecule has 3 saturated carbocycles. The number of hydrogen-bond donors (Lipinski definition) is 8. The van der Waals surface area contributed by atoms with E-state index < -0.39 is 77.1 Å². The lowest BCUT2D eigenvalue weighted by molar-refractivity contribution is -0.356. The first-order chi connectivity index (χ1) is 31.0. The fraction of sp³-hybridized carbons (Fsp3) is 0.481. The summed E-state index contributed by atoms with van der Waals surface area (Å²) in [5.41, 5.74) is -0.911. The molecule has 16 unspecified atom stereocenters. The first-order valence-electron chi connectivity index (χ1n) is 23.1. The van der Waals surface area contributed by atoms with E-state index in [2.05, 4.69) is 34.3 Å². The number of phenols is 1. The number of aliphatic hydroxyl groups excluding tert-OH is 3. The molecular weight excluding hydrogens is 813 g/mol. The van der Waals surface area contributed by atoms with Gasteiger partial charge in [-0.1, -0.05) is 54.5 Å². The molecule has 330 valence electrons. The minimum Gasteiger partial charge on any atom is -0.508 e. The lowest BCUT2D eigenvalue weighted by Gasteiger charge is -2.68. The number of benzene rings is 4. The van der Waals surface area contributed by atoms with Crippen molar-refractivity contribution in [2.75, 3.05) is 13.6 Å². The van der Waals surface area contributed by atoms with E-state index in [0.29, 0.717) is 30.3 Å². The van der Waals surface area contributed by atoms with Crippen LogP contribution < -0.4 is 10.1 Å². The Kier molecular flexibility index (Phi) is 8.28. The fourth-order valence-corrected chi connectivity index (χ4v) is 15.9. The molecule has 2 spiro atoms. The molecule has 7 aliphatic carbocycles. The third-order valence-electron chi connectivity index (χ3n) is 18.1. The van der Waals surface area contributed by atoms with E-state index in [9.17, 15) is 30.6 Å². The maximum atomic E-state index is 15.1. The Hall–Kier alpha value is -4.81. The molecule has 3 heterocycles. The van der Waals surface area contributed by atoms with E-state index in [1.807, 2.05) is 55.6 Å². The maximum Gasteiger partial charge on any atom is 0.343 e. The molecule has 14 rings (SSSR count). The molecule has 8 N–H and O–H groups in total. The second-order valence-corrected chi connectivity index (χ2v) is 20.2. The van der Waals surface area contributed by atoms with Gasteiger partial charge in [0.25, 0.3) is 0 Å². The molecule has 12 nitrogen and oxygen atoms in total. The van der Waals surface area contributed by atoms with E-state index in [-0.39, 0.29) is 46.8 Å². The normalized spacial score (nSPS) is 41.9. The Morgan fingerprint density at radius 3 is 2.59 bits per heavy atom. The van der Waals surface area contributed by atoms with Gasteiger partial charge >= 0.3 is 5.97 Å². The predicted molar refractivity (Wildman–Crippen MR) is 235 cm³/mol. The number of carbonyl (C=O) groups is 1. The van der Waals surface area contributed by atoms with Crippen molar-refractivity contribution in [1.82, 2.24) is 10.3 Å². The Labute approximate surface area is 369 Å². The summed E-state index contributed by atoms with van der Waals surface area (Å²) < 4.78 is 20.2. The molecule has 1 aromatic heterocycles. The zero-order valence-corrected chi connectivity index (χ0v) is 35.4. The summed E-state index contributed by atoms with van der Waals surface area (Å²) in [7, 11) is 1.88. The van der Waals surface area contributed by atoms with Crippen molar-refractivity contribution in [2.45, 2.75) is 98.4 Å². The first kappa shape index (κ1) is 39.5. The lowest BCUT2D eigenvalue weighted by atomic mass is 9.40. The van der Waals surface area contributed by atoms with Gasteiger partial charge < -0.3 is 55.2 Å². The zero-order valence-electron chi connectivity index (χ0n) is 35.4. The van der Waals surface area contributed by atoms with Gasteiger partial charge in [-0.2, -0.15) is 0 Å². The average Bonchev–Trinajstić information content (AvgIpc) is 4.01. The smallest absolute Gasteiger partial charge is 0.343 e. The molecule has 16 atom stereocenters. The number of H-pyrrole nitrogens is 1. The number of esters is 1. The number of aromatic hydroxyl groups is 1. The SMILES string of the molecule is CNCC1C2CC#CC3CC4CCC5CCC(C1O)(C1OC6C(C(=O)Oc7c(CO)[nH]c8ccc9cc%10ccccc%10cc9c78)OC7(O)C(O)C=CC(C21)C67O)C54c1ccc(O)cc13. The molecule has 9 aliphatic rings. The third-order valence-corrected chi connectivity index (χ3v) is 18.1. The second-order valence-electron chi connectivity index (χ2n) is 20.2. The highest BCUT2D eigenvalue weighted by Gasteiger charge is 2.83. The number of hydrogen-bond acceptors (Lipinski definition) is 11. The van der Waals surface area contributed by atoms with Gasteiger partial charge in [0, 0.05) is 41.5 Å². The lowest BCUT2D eigenvalue weighted by Crippen LogP contribution is -2.79. The van der Waals surface area contributed by atoms with Crippen molar-refractivity contribution in [3.63, 3.8) is 0 Å². The van der Waals surface area contributed by atoms with Gasteiger partial charge in [-0.05, 0) is 126 Å². The van der Waals surface area contributed by atoms with Crippen molar-refractivity contribution < 1.29 is 49.6 Å². The number of carbonyl (C=O) groups excluding carboxylic acids is 1. The summed E-state index contributed by atoms with van der Waals surface area (Å²) in [5.74, 6) is 1.88. The van der Waals surface area contributed by atoms with Gasteiger partial charge in [-0.15, -0.1) is 5.92 Å². The number of phenolic OH excluding ortho intramolecular Hbond substituents is 1. The molecule has 12 heteroatoms. The summed E-state index contributed by atoms with van der Waals surface area (Å²) in [6, 6.07) is 21.5. The molecule has 2 saturated heterocycles. The average molecular weight is 865 g/mol. The predicted octanol–water partition coefficient (Wildman–Crippen LogP) is 4.79. The summed E-state index contributed by atoms with van der Waals surface area (Å²) in [5, 5.41) is 80.6. The van der Waals surface area contributed by atoms with Crippen LogP contribution >= 0.6 is 0 Å². The summed E-state index contributed by atoms with van der Waals surface area (Å²) >= 11 is 0. The molecule has 4 bridgehead atoms. The van der Waals surface area contributed by atoms with Crippen LogP contribution in [0.2, 0.25) is 0 Å². The molecule has 5 aromatic rings. The van der Waals surface area contributed by atoms with Crippen LogP contribution in [0.4, 0.5) is 0 Å². The van der Waals surface area contributed by atoms with Gasteiger partial charge in [0.2, 0.25) is 5.79 Å². The standard InChI is InChI=1S/C52H52N2O10/c1-53-23-35-32-8-4-7-27-20-30-11-10-29-17-18-49(45(35)58,50(29,30)36-13-12-31(56)22-33(27)36)46-41(32)37-14-16-40(57)52(61)51(37,60)47(63-46)44(64-52)48(59)62-43-39(24-55)54-38-15-9-28-19-25-5-2-3-6-26(25)21-34(28)42(38)43/h2-3,5-6,9,12-16,19,21-22,27,29-30,32,35,37,40-41,44-47,53-58,60-61H,8,10-11,17-18,20,23-24H2,1H3. The first-order valence-corrected chi connectivity index (χ1v) is 23.1. The number of rotatable bonds is 5. The quantitative estimate of drug-likeness (QED) is 0.0525. The Morgan fingerprint density at radius 2 is 1.78 bits per heavy atom. The highest BCUT2D eigenvalue weighted by Crippen LogP contribution is 2.78. The Balaban J connectivity index is 0.996. The fourth-order valence-electron chi connectivity index (χ4n) is 15.9. The van der Waals surface area contributed by atoms with E-state index in [4.69, 9.17) is 14.2 Å². The minimum atomic E-state index is -2.68. The van der Waals surface area contributed by atoms with E-state index in [1.165, 1.54) is 6.08 Å². The van der Waals surface area contributed by atoms with Crippen LogP contribution in [0.1, 0.15) is 61.3 Å². The maximum absolute atomic E-state index is 15.1. The number of aliphatic hydroxyl groups is 5. The monoisotopic (exact) mass is 864 g/mol. The summed E-state index contributed by atoms with van der Waals surface area (Å²) in [4.78, 5) is 18.3. The van der Waals surface area contributed by atoms with Crippen LogP contribution in [0.15, 0.2) is 78.9 Å². The highest BCUT2D eigenvalue weighted by atomic mass is 16.7. The molecule has 64 heavy (non-hydrogen) atoms. The largest absolute Gasteiger partial charge is 0.508 e. The molecule has 0 amide bonds. The molecular formula is C52H52N2O10. The summed E-state index contributed by atoms with van der Waals surface area (Å²) in [6.45, 7) is -0.0160. The van der Waals surface area contributed by atoms with Crippen LogP contribution in [0.5, 0.6) is 11.5 Å². The number of aromatic nitrogens is 1. The van der Waals surface area contributed by atoms with Gasteiger partial charge in [-0.25, -0.2) is 4.79 Å². The molecule has 5 fully saturated rings. The summed E-state index contributed by atoms with van der Waals surface area (Å²) in [6.07, 6.45) is 1.04. The van der Waals surface area contributed by atoms with Crippen LogP contribution in [0, 0.1) is 52.8 Å². The topological polar surface area (TPSA) is 194 Å². The van der Waals surface area contributed by atoms with Crippen molar-refractivity contribution in [3.8, 4) is 23.3 Å². The van der Waals surface area contributed by atoms with Crippen LogP contribution in [0.3, 0.4) is 0 Å². The number of ether oxygens (including phenoxy) is 3. The molecule has 2 aliphatic heterocycles. The zero-order chi connectivity index (χ0) is 43.7. The van der Waals surface area contributed by atoms with Crippen molar-refractivity contribution in [1.29, 1.82) is 0 Å². The van der Waals surface area contributed by atoms with Gasteiger partial charge in [0.15, 0.2) is 17.5 Å². The van der Waals surface area contributed by atoms with Gasteiger partial charge in [0.1, 0.15) is 18.0 Å². The van der Waals surface area contributed by atoms with E-state index >= 15 is 4.79 Å². The van der Waals surface area contributed by atoms with Crippen LogP contribution in [-0.2, 0) is 26.3 Å². The van der Waals surface area contributed by atoms with Crippen molar-refractivity contribution in [2.24, 2.45) is 40.9 Å². The molecule has 0 radical (unpaired) electrons. The highest BCUT2D eigenvalue weighted by molar-refractivity contribution is 6.14. The Morgan fingerprint density at radius 1 is 0.969 bits per heavy atom.